The van der Waals surface area contributed by atoms with Gasteiger partial charge in [-0.3, -0.25) is 4.79 Å². The predicted octanol–water partition coefficient (Wildman–Crippen LogP) is 6.15. The number of hydrogen-bond acceptors (Lipinski definition) is 6. The molecule has 0 radical (unpaired) electrons. The van der Waals surface area contributed by atoms with Crippen molar-refractivity contribution >= 4 is 12.0 Å². The van der Waals surface area contributed by atoms with Crippen LogP contribution >= 0.6 is 0 Å². The maximum atomic E-state index is 13.0. The lowest BCUT2D eigenvalue weighted by molar-refractivity contribution is -0.180. The Morgan fingerprint density at radius 3 is 2.65 bits per heavy atom. The Morgan fingerprint density at radius 1 is 1.23 bits per heavy atom. The molecule has 1 spiro atoms. The van der Waals surface area contributed by atoms with Gasteiger partial charge in [-0.25, -0.2) is 4.79 Å². The number of ether oxygens (including phenoxy) is 4. The summed E-state index contributed by atoms with van der Waals surface area (Å²) < 4.78 is 25.1. The lowest BCUT2D eigenvalue weighted by Crippen LogP contribution is -2.57. The first-order valence-corrected chi connectivity index (χ1v) is 14.6. The van der Waals surface area contributed by atoms with Crippen molar-refractivity contribution in [1.29, 1.82) is 0 Å². The van der Waals surface area contributed by atoms with E-state index >= 15 is 0 Å². The van der Waals surface area contributed by atoms with Crippen molar-refractivity contribution in [2.75, 3.05) is 40.4 Å². The van der Waals surface area contributed by atoms with Crippen molar-refractivity contribution in [1.82, 2.24) is 9.80 Å². The number of carbonyl (C=O) groups is 2. The highest BCUT2D eigenvalue weighted by molar-refractivity contribution is 5.77. The molecular formula is C32H48N2O6. The Kier molecular flexibility index (Phi) is 8.79. The molecule has 8 nitrogen and oxygen atoms in total. The van der Waals surface area contributed by atoms with Crippen LogP contribution in [0.3, 0.4) is 0 Å². The largest absolute Gasteiger partial charge is 0.487 e. The summed E-state index contributed by atoms with van der Waals surface area (Å²) in [5, 5.41) is 0. The number of likely N-dealkylation sites (tertiary alicyclic amines) is 1. The second-order valence-electron chi connectivity index (χ2n) is 13.6. The summed E-state index contributed by atoms with van der Waals surface area (Å²) in [6.45, 7) is 14.1. The van der Waals surface area contributed by atoms with Crippen LogP contribution in [0.1, 0.15) is 85.3 Å². The van der Waals surface area contributed by atoms with E-state index in [1.807, 2.05) is 43.9 Å². The molecule has 4 atom stereocenters. The van der Waals surface area contributed by atoms with E-state index in [0.29, 0.717) is 25.4 Å². The second-order valence-corrected chi connectivity index (χ2v) is 13.6. The van der Waals surface area contributed by atoms with Crippen LogP contribution in [-0.4, -0.2) is 73.4 Å². The third-order valence-electron chi connectivity index (χ3n) is 8.37. The molecule has 4 rings (SSSR count). The van der Waals surface area contributed by atoms with Gasteiger partial charge in [-0.1, -0.05) is 11.6 Å². The molecule has 1 aromatic rings. The van der Waals surface area contributed by atoms with Crippen LogP contribution in [0.4, 0.5) is 4.79 Å². The summed E-state index contributed by atoms with van der Waals surface area (Å²) in [5.41, 5.74) is 1.18. The molecule has 0 aromatic heterocycles. The van der Waals surface area contributed by atoms with Crippen LogP contribution < -0.4 is 9.47 Å². The topological polar surface area (TPSA) is 77.5 Å². The Labute approximate surface area is 240 Å². The smallest absolute Gasteiger partial charge is 0.410 e. The van der Waals surface area contributed by atoms with Crippen molar-refractivity contribution < 1.29 is 28.5 Å². The van der Waals surface area contributed by atoms with Crippen LogP contribution in [0.5, 0.6) is 11.5 Å². The van der Waals surface area contributed by atoms with Gasteiger partial charge in [-0.05, 0) is 85.8 Å². The summed E-state index contributed by atoms with van der Waals surface area (Å²) in [6, 6.07) is 5.81. The number of nitrogens with zero attached hydrogens (tertiary/aromatic N) is 2. The Hall–Kier alpha value is -2.74. The van der Waals surface area contributed by atoms with E-state index in [1.165, 1.54) is 10.5 Å². The number of benzene rings is 1. The van der Waals surface area contributed by atoms with Gasteiger partial charge in [0.25, 0.3) is 5.91 Å². The van der Waals surface area contributed by atoms with Crippen molar-refractivity contribution in [3.05, 3.63) is 35.4 Å². The lowest BCUT2D eigenvalue weighted by atomic mass is 9.64. The minimum absolute atomic E-state index is 0.0250. The zero-order valence-corrected chi connectivity index (χ0v) is 25.7. The first kappa shape index (κ1) is 30.2. The zero-order chi connectivity index (χ0) is 29.3. The van der Waals surface area contributed by atoms with Crippen LogP contribution in [-0.2, 0) is 14.3 Å². The maximum Gasteiger partial charge on any atom is 0.410 e. The maximum absolute atomic E-state index is 13.0. The normalized spacial score (nSPS) is 27.6. The van der Waals surface area contributed by atoms with E-state index in [1.54, 1.807) is 14.1 Å². The first-order chi connectivity index (χ1) is 18.7. The molecule has 2 fully saturated rings. The number of amides is 2. The molecule has 222 valence electrons. The van der Waals surface area contributed by atoms with E-state index in [4.69, 9.17) is 18.9 Å². The Bertz CT molecular complexity index is 1120. The molecule has 0 aliphatic carbocycles. The molecule has 2 saturated heterocycles. The fourth-order valence-corrected chi connectivity index (χ4v) is 6.25. The van der Waals surface area contributed by atoms with Gasteiger partial charge in [0.05, 0.1) is 12.7 Å². The molecule has 3 aliphatic rings. The minimum Gasteiger partial charge on any atom is -0.487 e. The van der Waals surface area contributed by atoms with Gasteiger partial charge in [0.2, 0.25) is 0 Å². The summed E-state index contributed by atoms with van der Waals surface area (Å²) in [6.07, 6.45) is 6.51. The van der Waals surface area contributed by atoms with E-state index < -0.39 is 11.2 Å². The van der Waals surface area contributed by atoms with Crippen molar-refractivity contribution in [3.8, 4) is 11.5 Å². The van der Waals surface area contributed by atoms with Crippen LogP contribution in [0.25, 0.3) is 0 Å². The zero-order valence-electron chi connectivity index (χ0n) is 25.7. The standard InChI is InChI=1S/C32H48N2O6/c1-22(2)11-9-14-31(6)25-18-32(15-10-16-34(20-32)29(36)40-30(3,4)5)21-38-28(25)24-13-12-23(17-26(24)39-31)37-19-27(35)33(7)8/h11-13,17,25,28H,9-10,14-16,18-21H2,1-8H3/t25-,28+,31+,32-/m0/s1. The van der Waals surface area contributed by atoms with Gasteiger partial charge in [0.1, 0.15) is 22.7 Å². The molecular weight excluding hydrogens is 508 g/mol. The van der Waals surface area contributed by atoms with Crippen molar-refractivity contribution in [3.63, 3.8) is 0 Å². The number of piperidine rings is 1. The van der Waals surface area contributed by atoms with Crippen LogP contribution in [0.2, 0.25) is 0 Å². The quantitative estimate of drug-likeness (QED) is 0.392. The Morgan fingerprint density at radius 2 is 1.98 bits per heavy atom. The molecule has 3 aliphatic heterocycles. The average molecular weight is 557 g/mol. The van der Waals surface area contributed by atoms with Gasteiger partial charge in [-0.15, -0.1) is 0 Å². The summed E-state index contributed by atoms with van der Waals surface area (Å²) in [7, 11) is 3.43. The highest BCUT2D eigenvalue weighted by Crippen LogP contribution is 2.56. The highest BCUT2D eigenvalue weighted by atomic mass is 16.6. The van der Waals surface area contributed by atoms with Gasteiger partial charge < -0.3 is 28.7 Å². The van der Waals surface area contributed by atoms with E-state index in [-0.39, 0.29) is 36.0 Å². The minimum atomic E-state index is -0.525. The molecule has 0 N–H and O–H groups in total. The van der Waals surface area contributed by atoms with Gasteiger partial charge in [0.15, 0.2) is 6.61 Å². The number of rotatable bonds is 6. The van der Waals surface area contributed by atoms with Gasteiger partial charge in [0, 0.05) is 50.1 Å². The highest BCUT2D eigenvalue weighted by Gasteiger charge is 2.55. The monoisotopic (exact) mass is 556 g/mol. The SMILES string of the molecule is CC(C)=CCC[C@@]1(C)Oc2cc(OCC(=O)N(C)C)ccc2[C@H]2OC[C@@]3(CCCN(C(=O)OC(C)(C)C)C3)C[C@@H]21. The number of carbonyl (C=O) groups excluding carboxylic acids is 2. The van der Waals surface area contributed by atoms with Crippen LogP contribution in [0, 0.1) is 11.3 Å². The molecule has 8 heteroatoms. The molecule has 0 unspecified atom stereocenters. The second kappa shape index (κ2) is 11.6. The summed E-state index contributed by atoms with van der Waals surface area (Å²) in [4.78, 5) is 28.4. The fourth-order valence-electron chi connectivity index (χ4n) is 6.25. The van der Waals surface area contributed by atoms with E-state index in [9.17, 15) is 9.59 Å². The molecule has 0 bridgehead atoms. The molecule has 2 amide bonds. The fraction of sp³-hybridized carbons (Fsp3) is 0.688. The number of allylic oxidation sites excluding steroid dienone is 2. The molecule has 40 heavy (non-hydrogen) atoms. The van der Waals surface area contributed by atoms with Crippen molar-refractivity contribution in [2.24, 2.45) is 11.3 Å². The van der Waals surface area contributed by atoms with Crippen molar-refractivity contribution in [2.45, 2.75) is 91.0 Å². The van der Waals surface area contributed by atoms with E-state index in [2.05, 4.69) is 26.8 Å². The predicted molar refractivity (Wildman–Crippen MR) is 155 cm³/mol. The number of fused-ring (bicyclic) bond motifs is 3. The first-order valence-electron chi connectivity index (χ1n) is 14.6. The van der Waals surface area contributed by atoms with Crippen LogP contribution in [0.15, 0.2) is 29.8 Å². The average Bonchev–Trinajstić information content (AvgIpc) is 2.86. The number of likely N-dealkylation sites (N-methyl/N-ethyl adjacent to an activating group) is 1. The molecule has 3 heterocycles. The van der Waals surface area contributed by atoms with Gasteiger partial charge in [-0.2, -0.15) is 0 Å². The third kappa shape index (κ3) is 6.93. The van der Waals surface area contributed by atoms with E-state index in [0.717, 1.165) is 43.4 Å². The Balaban J connectivity index is 1.59. The summed E-state index contributed by atoms with van der Waals surface area (Å²) in [5.74, 6) is 1.39. The molecule has 1 aromatic carbocycles. The lowest BCUT2D eigenvalue weighted by Gasteiger charge is -2.55. The summed E-state index contributed by atoms with van der Waals surface area (Å²) >= 11 is 0. The molecule has 0 saturated carbocycles. The third-order valence-corrected chi connectivity index (χ3v) is 8.37. The van der Waals surface area contributed by atoms with Gasteiger partial charge >= 0.3 is 6.09 Å². The number of hydrogen-bond donors (Lipinski definition) is 0.